The van der Waals surface area contributed by atoms with E-state index in [-0.39, 0.29) is 12.1 Å². The highest BCUT2D eigenvalue weighted by atomic mass is 16.7. The van der Waals surface area contributed by atoms with E-state index in [0.717, 1.165) is 0 Å². The Kier molecular flexibility index (Phi) is 12.6. The molecule has 0 aliphatic carbocycles. The van der Waals surface area contributed by atoms with Gasteiger partial charge in [0.05, 0.1) is 18.2 Å². The monoisotopic (exact) mass is 622 g/mol. The average Bonchev–Trinajstić information content (AvgIpc) is 3.24. The summed E-state index contributed by atoms with van der Waals surface area (Å²) in [6.45, 7) is 13.4. The lowest BCUT2D eigenvalue weighted by Gasteiger charge is -2.41. The summed E-state index contributed by atoms with van der Waals surface area (Å²) in [6, 6.07) is -1.37. The normalized spacial score (nSPS) is 40.2. The summed E-state index contributed by atoms with van der Waals surface area (Å²) >= 11 is 0. The molecule has 3 aliphatic heterocycles. The zero-order valence-electron chi connectivity index (χ0n) is 27.0. The third kappa shape index (κ3) is 7.91. The number of cyclic esters (lactones) is 1. The topological polar surface area (TPSA) is 198 Å². The Hall–Kier alpha value is -2.74. The number of aliphatic hydroxyl groups excluding tert-OH is 1. The Morgan fingerprint density at radius 1 is 1.25 bits per heavy atom. The predicted molar refractivity (Wildman–Crippen MR) is 161 cm³/mol. The molecule has 3 aliphatic rings. The number of nitrogens with two attached hydrogens (primary N) is 1. The van der Waals surface area contributed by atoms with Gasteiger partial charge in [0.15, 0.2) is 17.7 Å². The second-order valence-electron chi connectivity index (χ2n) is 12.5. The van der Waals surface area contributed by atoms with Crippen LogP contribution >= 0.6 is 0 Å². The number of ether oxygens (including phenoxy) is 4. The fourth-order valence-corrected chi connectivity index (χ4v) is 6.60. The van der Waals surface area contributed by atoms with E-state index >= 15 is 0 Å². The fourth-order valence-electron chi connectivity index (χ4n) is 6.60. The Bertz CT molecular complexity index is 1120. The molecule has 0 aromatic carbocycles. The van der Waals surface area contributed by atoms with E-state index in [0.29, 0.717) is 50.9 Å². The predicted octanol–water partition coefficient (Wildman–Crippen LogP) is 2.97. The zero-order chi connectivity index (χ0) is 32.8. The first-order valence-corrected chi connectivity index (χ1v) is 15.7. The molecule has 14 nitrogen and oxygen atoms in total. The molecule has 2 saturated heterocycles. The van der Waals surface area contributed by atoms with Gasteiger partial charge in [0.2, 0.25) is 0 Å². The van der Waals surface area contributed by atoms with E-state index in [1.807, 2.05) is 33.8 Å². The van der Waals surface area contributed by atoms with Crippen LogP contribution in [0.5, 0.6) is 0 Å². The molecular weight excluding hydrogens is 572 g/mol. The Balaban J connectivity index is 1.96. The number of Topliss-reactive ketones (excluding diaryl/α,β-unsaturated/α-hetero) is 1. The van der Waals surface area contributed by atoms with E-state index in [4.69, 9.17) is 30.2 Å². The van der Waals surface area contributed by atoms with Gasteiger partial charge in [-0.05, 0) is 71.4 Å². The Labute approximate surface area is 259 Å². The van der Waals surface area contributed by atoms with E-state index in [9.17, 15) is 19.5 Å². The highest BCUT2D eigenvalue weighted by Crippen LogP contribution is 2.38. The molecule has 3 unspecified atom stereocenters. The number of hydrogen-bond acceptors (Lipinski definition) is 11. The smallest absolute Gasteiger partial charge is 0.410 e. The minimum Gasteiger partial charge on any atom is -0.458 e. The SMILES string of the molecule is CC[C@H]1OC(=O)[C@H](C)C(=O)[C@H](C)[C@@H](O[C@@H]2OC(C)CC(N)C2O)/C(C)=C/CN[C@H](C)[C@H]2N(CCCCN=[N+]=[N-])C(=O)O[C@]12C. The number of aliphatic hydroxyl groups is 1. The number of carbonyl (C=O) groups excluding carboxylic acids is 3. The molecule has 3 rings (SSSR count). The van der Waals surface area contributed by atoms with Crippen LogP contribution in [0.4, 0.5) is 4.79 Å². The van der Waals surface area contributed by atoms with Gasteiger partial charge in [-0.3, -0.25) is 14.5 Å². The molecular formula is C30H50N6O8. The van der Waals surface area contributed by atoms with Gasteiger partial charge in [-0.1, -0.05) is 25.0 Å². The molecule has 14 heteroatoms. The van der Waals surface area contributed by atoms with Crippen molar-refractivity contribution in [3.8, 4) is 0 Å². The Morgan fingerprint density at radius 2 is 1.95 bits per heavy atom. The third-order valence-corrected chi connectivity index (χ3v) is 9.14. The molecule has 1 amide bonds. The summed E-state index contributed by atoms with van der Waals surface area (Å²) in [5.41, 5.74) is 14.2. The van der Waals surface area contributed by atoms with Crippen LogP contribution in [-0.2, 0) is 28.5 Å². The standard InChI is InChI=1S/C30H50N6O8/c1-8-22-30(7)26(36(29(40)44-30)14-10-9-12-34-35-32)20(6)33-13-11-16(2)25(18(4)23(37)19(5)27(39)42-22)43-28-24(38)21(31)15-17(3)41-28/h11,17-22,24-26,28,33,38H,8-10,12-15,31H2,1-7H3/b16-11+/t17?,18-,19+,20+,21?,22+,24?,25-,26+,28-,30+/m0/s1. The number of nitrogens with one attached hydrogen (secondary N) is 1. The van der Waals surface area contributed by atoms with Gasteiger partial charge >= 0.3 is 12.1 Å². The quantitative estimate of drug-likeness (QED) is 0.0688. The van der Waals surface area contributed by atoms with Gasteiger partial charge < -0.3 is 35.1 Å². The van der Waals surface area contributed by atoms with Gasteiger partial charge in [-0.2, -0.15) is 0 Å². The first-order chi connectivity index (χ1) is 20.8. The van der Waals surface area contributed by atoms with Crippen LogP contribution in [0.2, 0.25) is 0 Å². The maximum atomic E-state index is 13.7. The maximum absolute atomic E-state index is 13.7. The van der Waals surface area contributed by atoms with Crippen molar-refractivity contribution in [2.45, 2.75) is 129 Å². The largest absolute Gasteiger partial charge is 0.458 e. The lowest BCUT2D eigenvalue weighted by atomic mass is 9.83. The number of unbranched alkanes of at least 4 members (excludes halogenated alkanes) is 1. The summed E-state index contributed by atoms with van der Waals surface area (Å²) in [5, 5.41) is 17.7. The number of amides is 1. The van der Waals surface area contributed by atoms with Crippen molar-refractivity contribution < 1.29 is 38.4 Å². The van der Waals surface area contributed by atoms with Crippen molar-refractivity contribution in [3.63, 3.8) is 0 Å². The highest BCUT2D eigenvalue weighted by molar-refractivity contribution is 6.00. The van der Waals surface area contributed by atoms with Gasteiger partial charge in [-0.25, -0.2) is 4.79 Å². The number of fused-ring (bicyclic) bond motifs is 1. The molecule has 0 aromatic heterocycles. The molecule has 4 N–H and O–H groups in total. The second-order valence-corrected chi connectivity index (χ2v) is 12.5. The van der Waals surface area contributed by atoms with Crippen LogP contribution in [0.1, 0.15) is 74.1 Å². The molecule has 0 bridgehead atoms. The van der Waals surface area contributed by atoms with E-state index in [1.54, 1.807) is 18.7 Å². The van der Waals surface area contributed by atoms with Crippen LogP contribution in [0, 0.1) is 11.8 Å². The van der Waals surface area contributed by atoms with Crippen molar-refractivity contribution in [1.82, 2.24) is 10.2 Å². The van der Waals surface area contributed by atoms with Crippen molar-refractivity contribution in [1.29, 1.82) is 0 Å². The average molecular weight is 623 g/mol. The summed E-state index contributed by atoms with van der Waals surface area (Å²) in [6.07, 6.45) is -0.658. The molecule has 3 heterocycles. The fraction of sp³-hybridized carbons (Fsp3) is 0.833. The maximum Gasteiger partial charge on any atom is 0.410 e. The molecule has 2 fully saturated rings. The number of esters is 1. The number of azide groups is 1. The van der Waals surface area contributed by atoms with Crippen molar-refractivity contribution in [2.75, 3.05) is 19.6 Å². The molecule has 248 valence electrons. The summed E-state index contributed by atoms with van der Waals surface area (Å²) in [7, 11) is 0. The first kappa shape index (κ1) is 35.7. The molecule has 0 saturated carbocycles. The van der Waals surface area contributed by atoms with Gasteiger partial charge in [0.1, 0.15) is 18.1 Å². The van der Waals surface area contributed by atoms with Crippen molar-refractivity contribution in [3.05, 3.63) is 22.1 Å². The number of nitrogens with zero attached hydrogens (tertiary/aromatic N) is 4. The van der Waals surface area contributed by atoms with E-state index in [1.165, 1.54) is 6.92 Å². The first-order valence-electron chi connectivity index (χ1n) is 15.7. The number of rotatable bonds is 8. The summed E-state index contributed by atoms with van der Waals surface area (Å²) in [5.74, 6) is -3.03. The zero-order valence-corrected chi connectivity index (χ0v) is 27.0. The van der Waals surface area contributed by atoms with Gasteiger partial charge in [-0.15, -0.1) is 0 Å². The minimum atomic E-state index is -1.20. The van der Waals surface area contributed by atoms with Crippen molar-refractivity contribution in [2.24, 2.45) is 22.7 Å². The molecule has 11 atom stereocenters. The van der Waals surface area contributed by atoms with Crippen LogP contribution in [-0.4, -0.2) is 102 Å². The second kappa shape index (κ2) is 15.5. The van der Waals surface area contributed by atoms with Crippen LogP contribution in [0.15, 0.2) is 16.8 Å². The van der Waals surface area contributed by atoms with Crippen LogP contribution < -0.4 is 11.1 Å². The van der Waals surface area contributed by atoms with Gasteiger partial charge in [0.25, 0.3) is 0 Å². The lowest BCUT2D eigenvalue weighted by molar-refractivity contribution is -0.257. The van der Waals surface area contributed by atoms with Crippen LogP contribution in [0.25, 0.3) is 10.4 Å². The summed E-state index contributed by atoms with van der Waals surface area (Å²) in [4.78, 5) is 44.9. The van der Waals surface area contributed by atoms with Gasteiger partial charge in [0, 0.05) is 42.5 Å². The lowest BCUT2D eigenvalue weighted by Crippen LogP contribution is -2.60. The number of ketones is 1. The summed E-state index contributed by atoms with van der Waals surface area (Å²) < 4.78 is 24.1. The number of carbonyl (C=O) groups is 3. The highest BCUT2D eigenvalue weighted by Gasteiger charge is 2.58. The molecule has 0 spiro atoms. The number of hydrogen-bond donors (Lipinski definition) is 3. The van der Waals surface area contributed by atoms with E-state index in [2.05, 4.69) is 15.3 Å². The molecule has 44 heavy (non-hydrogen) atoms. The van der Waals surface area contributed by atoms with E-state index < -0.39 is 72.0 Å². The molecule has 0 radical (unpaired) electrons. The van der Waals surface area contributed by atoms with Crippen molar-refractivity contribution >= 4 is 17.8 Å². The minimum absolute atomic E-state index is 0.248. The molecule has 0 aromatic rings. The van der Waals surface area contributed by atoms with Crippen LogP contribution in [0.3, 0.4) is 0 Å². The Morgan fingerprint density at radius 3 is 2.61 bits per heavy atom. The third-order valence-electron chi connectivity index (χ3n) is 9.14.